The summed E-state index contributed by atoms with van der Waals surface area (Å²) in [6.07, 6.45) is 6.94. The number of nitrogens with zero attached hydrogens (tertiary/aromatic N) is 3. The molecule has 0 spiro atoms. The summed E-state index contributed by atoms with van der Waals surface area (Å²) in [7, 11) is -10.6. The van der Waals surface area contributed by atoms with Gasteiger partial charge in [0.1, 0.15) is 10.6 Å². The van der Waals surface area contributed by atoms with E-state index in [9.17, 15) is 34.8 Å². The van der Waals surface area contributed by atoms with E-state index in [-0.39, 0.29) is 16.7 Å². The second kappa shape index (κ2) is 21.0. The van der Waals surface area contributed by atoms with Crippen molar-refractivity contribution in [3.63, 3.8) is 0 Å². The molecule has 2 fully saturated rings. The number of hydrogen-bond acceptors (Lipinski definition) is 10. The van der Waals surface area contributed by atoms with Gasteiger partial charge in [0.2, 0.25) is 0 Å². The van der Waals surface area contributed by atoms with E-state index in [0.29, 0.717) is 24.8 Å². The first-order valence-corrected chi connectivity index (χ1v) is 26.8. The topological polar surface area (TPSA) is 107 Å². The molecule has 0 unspecified atom stereocenters. The fourth-order valence-electron chi connectivity index (χ4n) is 9.01. The number of likely N-dealkylation sites (tertiary alicyclic amines) is 1. The lowest BCUT2D eigenvalue weighted by atomic mass is 9.73. The van der Waals surface area contributed by atoms with Crippen LogP contribution in [-0.2, 0) is 19.7 Å². The minimum Gasteiger partial charge on any atom is -0.380 e. The molecule has 3 aliphatic rings. The number of benzene rings is 4. The fraction of sp³-hybridized carbons (Fsp3) is 0.449. The van der Waals surface area contributed by atoms with E-state index < -0.39 is 52.6 Å². The molecular weight excluding hydrogens is 913 g/mol. The molecule has 0 radical (unpaired) electrons. The minimum absolute atomic E-state index is 0.117. The largest absolute Gasteiger partial charge is 0.501 e. The van der Waals surface area contributed by atoms with E-state index in [0.717, 1.165) is 112 Å². The number of alkyl halides is 3. The first-order chi connectivity index (χ1) is 30.9. The Bertz CT molecular complexity index is 2530. The van der Waals surface area contributed by atoms with E-state index in [1.165, 1.54) is 28.5 Å². The number of sulfone groups is 2. The summed E-state index contributed by atoms with van der Waals surface area (Å²) >= 11 is 7.68. The van der Waals surface area contributed by atoms with Crippen LogP contribution in [0.15, 0.2) is 117 Å². The lowest BCUT2D eigenvalue weighted by Gasteiger charge is -2.39. The highest BCUT2D eigenvalue weighted by atomic mass is 35.5. The number of piperidine rings is 1. The third-order valence-corrected chi connectivity index (χ3v) is 17.3. The van der Waals surface area contributed by atoms with Gasteiger partial charge >= 0.3 is 5.51 Å². The molecular formula is C49H58ClF3N4O5S3. The highest BCUT2D eigenvalue weighted by Crippen LogP contribution is 2.43. The molecule has 9 nitrogen and oxygen atoms in total. The number of anilines is 2. The molecule has 350 valence electrons. The Kier molecular flexibility index (Phi) is 15.8. The average molecular weight is 972 g/mol. The van der Waals surface area contributed by atoms with Gasteiger partial charge in [-0.05, 0) is 135 Å². The molecule has 1 atom stereocenters. The number of carbonyl (C=O) groups is 1. The maximum absolute atomic E-state index is 14.2. The number of nitrogens with one attached hydrogen (secondary N) is 1. The van der Waals surface area contributed by atoms with Gasteiger partial charge in [-0.3, -0.25) is 9.69 Å². The number of rotatable bonds is 17. The number of halogens is 4. The van der Waals surface area contributed by atoms with Crippen LogP contribution < -0.4 is 10.2 Å². The van der Waals surface area contributed by atoms with Crippen LogP contribution in [0.2, 0.25) is 5.02 Å². The summed E-state index contributed by atoms with van der Waals surface area (Å²) in [5, 5.41) is 3.77. The number of Topliss-reactive ketones (excluding diaryl/α,β-unsaturated/α-hetero) is 1. The second-order valence-electron chi connectivity index (χ2n) is 18.2. The Balaban J connectivity index is 1.02. The van der Waals surface area contributed by atoms with Gasteiger partial charge in [-0.2, -0.15) is 13.2 Å². The summed E-state index contributed by atoms with van der Waals surface area (Å²) in [6.45, 7) is 11.2. The standard InChI is InChI=1S/C49H58ClF3N4O5S3/c1-48(2)23-21-44(36-11-15-39(50)16-12-36)38(32-48)33-56-27-29-57(30-28-56)41-17-13-37(14-18-41)46(58)35-64(59,60)43-19-20-45(47(31-43)65(61,62)49(51,52)53)54-40(22-26-55-24-7-4-8-25-55)34-63-42-9-5-3-6-10-42/h3,5-6,9-20,31,40,54H,4,7-8,21-30,32-35H2,1-2H3/t40-/m1/s1. The van der Waals surface area contributed by atoms with Crippen molar-refractivity contribution in [3.05, 3.63) is 119 Å². The van der Waals surface area contributed by atoms with Crippen molar-refractivity contribution in [1.82, 2.24) is 9.80 Å². The average Bonchev–Trinajstić information content (AvgIpc) is 3.28. The van der Waals surface area contributed by atoms with Crippen LogP contribution in [0.3, 0.4) is 0 Å². The van der Waals surface area contributed by atoms with Crippen LogP contribution in [-0.4, -0.2) is 108 Å². The van der Waals surface area contributed by atoms with Crippen molar-refractivity contribution in [2.75, 3.05) is 74.1 Å². The van der Waals surface area contributed by atoms with E-state index in [4.69, 9.17) is 11.6 Å². The van der Waals surface area contributed by atoms with E-state index >= 15 is 0 Å². The summed E-state index contributed by atoms with van der Waals surface area (Å²) < 4.78 is 96.2. The Hall–Kier alpha value is -3.86. The molecule has 0 aromatic heterocycles. The quantitative estimate of drug-likeness (QED) is 0.0812. The Morgan fingerprint density at radius 3 is 2.17 bits per heavy atom. The number of piperazine rings is 1. The van der Waals surface area contributed by atoms with Gasteiger partial charge in [0.05, 0.1) is 10.6 Å². The van der Waals surface area contributed by atoms with Crippen molar-refractivity contribution >= 4 is 65.8 Å². The summed E-state index contributed by atoms with van der Waals surface area (Å²) in [6, 6.07) is 26.4. The van der Waals surface area contributed by atoms with Gasteiger partial charge in [0.25, 0.3) is 9.84 Å². The predicted molar refractivity (Wildman–Crippen MR) is 257 cm³/mol. The van der Waals surface area contributed by atoms with Gasteiger partial charge in [-0.15, -0.1) is 11.8 Å². The van der Waals surface area contributed by atoms with Crippen LogP contribution in [0.1, 0.15) is 74.7 Å². The lowest BCUT2D eigenvalue weighted by Crippen LogP contribution is -2.47. The first-order valence-electron chi connectivity index (χ1n) is 22.3. The Morgan fingerprint density at radius 2 is 1.51 bits per heavy atom. The van der Waals surface area contributed by atoms with E-state index in [2.05, 4.69) is 46.0 Å². The highest BCUT2D eigenvalue weighted by Gasteiger charge is 2.48. The molecule has 16 heteroatoms. The molecule has 2 heterocycles. The zero-order chi connectivity index (χ0) is 46.4. The van der Waals surface area contributed by atoms with Gasteiger partial charge in [-0.1, -0.05) is 67.8 Å². The Morgan fingerprint density at radius 1 is 0.831 bits per heavy atom. The van der Waals surface area contributed by atoms with Crippen molar-refractivity contribution in [3.8, 4) is 0 Å². The molecule has 1 aliphatic carbocycles. The van der Waals surface area contributed by atoms with Gasteiger partial charge < -0.3 is 15.1 Å². The third kappa shape index (κ3) is 12.8. The van der Waals surface area contributed by atoms with Gasteiger partial charge in [0, 0.05) is 72.2 Å². The zero-order valence-electron chi connectivity index (χ0n) is 37.0. The van der Waals surface area contributed by atoms with E-state index in [1.54, 1.807) is 24.3 Å². The molecule has 2 saturated heterocycles. The Labute approximate surface area is 391 Å². The van der Waals surface area contributed by atoms with Gasteiger partial charge in [-0.25, -0.2) is 16.8 Å². The van der Waals surface area contributed by atoms with Gasteiger partial charge in [0.15, 0.2) is 15.6 Å². The van der Waals surface area contributed by atoms with Crippen molar-refractivity contribution in [1.29, 1.82) is 0 Å². The maximum Gasteiger partial charge on any atom is 0.501 e. The minimum atomic E-state index is -6.01. The number of ketones is 1. The first kappa shape index (κ1) is 49.1. The molecule has 7 rings (SSSR count). The summed E-state index contributed by atoms with van der Waals surface area (Å²) in [5.41, 5.74) is -0.741. The van der Waals surface area contributed by atoms with Crippen LogP contribution in [0.25, 0.3) is 5.57 Å². The van der Waals surface area contributed by atoms with Crippen LogP contribution >= 0.6 is 23.4 Å². The van der Waals surface area contributed by atoms with E-state index in [1.807, 2.05) is 42.5 Å². The van der Waals surface area contributed by atoms with Crippen molar-refractivity contribution < 1.29 is 34.8 Å². The normalized spacial score (nSPS) is 18.4. The molecule has 0 bridgehead atoms. The SMILES string of the molecule is CC1(C)CCC(c2ccc(Cl)cc2)=C(CN2CCN(c3ccc(C(=O)CS(=O)(=O)c4ccc(N[C@H](CCN5CCCCC5)CSc5ccccc5)c(S(=O)(=O)C(F)(F)F)c4)cc3)CC2)C1. The molecule has 0 saturated carbocycles. The second-order valence-corrected chi connectivity index (χ2v) is 23.6. The molecule has 2 aliphatic heterocycles. The number of carbonyl (C=O) groups excluding carboxylic acids is 1. The number of allylic oxidation sites excluding steroid dienone is 1. The molecule has 1 N–H and O–H groups in total. The third-order valence-electron chi connectivity index (χ3n) is 12.7. The zero-order valence-corrected chi connectivity index (χ0v) is 40.2. The fourth-order valence-corrected chi connectivity index (χ4v) is 12.4. The monoisotopic (exact) mass is 970 g/mol. The number of thioether (sulfide) groups is 1. The summed E-state index contributed by atoms with van der Waals surface area (Å²) in [5.74, 6) is -1.41. The van der Waals surface area contributed by atoms with Crippen LogP contribution in [0.4, 0.5) is 24.5 Å². The van der Waals surface area contributed by atoms with Crippen LogP contribution in [0, 0.1) is 5.41 Å². The predicted octanol–water partition coefficient (Wildman–Crippen LogP) is 10.5. The van der Waals surface area contributed by atoms with Crippen molar-refractivity contribution in [2.45, 2.75) is 85.0 Å². The number of hydrogen-bond donors (Lipinski definition) is 1. The summed E-state index contributed by atoms with van der Waals surface area (Å²) in [4.78, 5) is 19.5. The maximum atomic E-state index is 14.2. The molecule has 4 aromatic rings. The van der Waals surface area contributed by atoms with Crippen molar-refractivity contribution in [2.24, 2.45) is 5.41 Å². The highest BCUT2D eigenvalue weighted by molar-refractivity contribution is 7.99. The van der Waals surface area contributed by atoms with Crippen LogP contribution in [0.5, 0.6) is 0 Å². The molecule has 0 amide bonds. The molecule has 4 aromatic carbocycles. The molecule has 65 heavy (non-hydrogen) atoms. The lowest BCUT2D eigenvalue weighted by molar-refractivity contribution is -0.0435. The smallest absolute Gasteiger partial charge is 0.380 e.